The van der Waals surface area contributed by atoms with Gasteiger partial charge < -0.3 is 14.8 Å². The highest BCUT2D eigenvalue weighted by Gasteiger charge is 2.39. The maximum atomic E-state index is 12.9. The molecule has 2 amide bonds. The second-order valence-electron chi connectivity index (χ2n) is 9.04. The summed E-state index contributed by atoms with van der Waals surface area (Å²) in [5, 5.41) is 9.43. The Bertz CT molecular complexity index is 1400. The fraction of sp³-hybridized carbons (Fsp3) is 0.241. The molecule has 0 aromatic heterocycles. The number of para-hydroxylation sites is 2. The second kappa shape index (κ2) is 11.1. The van der Waals surface area contributed by atoms with E-state index >= 15 is 0 Å². The van der Waals surface area contributed by atoms with E-state index in [1.54, 1.807) is 26.4 Å². The van der Waals surface area contributed by atoms with Crippen LogP contribution in [0.2, 0.25) is 0 Å². The van der Waals surface area contributed by atoms with Gasteiger partial charge in [0.05, 0.1) is 31.7 Å². The summed E-state index contributed by atoms with van der Waals surface area (Å²) in [6.45, 7) is 2.05. The van der Waals surface area contributed by atoms with Gasteiger partial charge in [-0.25, -0.2) is 5.01 Å². The molecule has 3 aromatic carbocycles. The lowest BCUT2D eigenvalue weighted by Crippen LogP contribution is -2.25. The zero-order valence-corrected chi connectivity index (χ0v) is 22.2. The third kappa shape index (κ3) is 5.43. The molecular weight excluding hydrogens is 500 g/mol. The number of aryl methyl sites for hydroxylation is 1. The van der Waals surface area contributed by atoms with Gasteiger partial charge in [-0.3, -0.25) is 9.59 Å². The minimum Gasteiger partial charge on any atom is -0.497 e. The molecule has 1 N–H and O–H groups in total. The maximum absolute atomic E-state index is 12.9. The first-order valence-electron chi connectivity index (χ1n) is 12.2. The highest BCUT2D eigenvalue weighted by molar-refractivity contribution is 8.15. The molecule has 9 heteroatoms. The lowest BCUT2D eigenvalue weighted by Gasteiger charge is -2.23. The number of anilines is 1. The first-order chi connectivity index (χ1) is 18.4. The summed E-state index contributed by atoms with van der Waals surface area (Å²) in [4.78, 5) is 30.0. The first-order valence-corrected chi connectivity index (χ1v) is 13.1. The molecule has 2 aliphatic heterocycles. The summed E-state index contributed by atoms with van der Waals surface area (Å²) >= 11 is 1.27. The van der Waals surface area contributed by atoms with Crippen molar-refractivity contribution in [3.8, 4) is 11.5 Å². The van der Waals surface area contributed by atoms with Crippen LogP contribution < -0.4 is 14.8 Å². The monoisotopic (exact) mass is 528 g/mol. The number of nitrogens with zero attached hydrogens (tertiary/aromatic N) is 3. The fourth-order valence-electron chi connectivity index (χ4n) is 4.41. The Morgan fingerprint density at radius 1 is 1.03 bits per heavy atom. The molecule has 5 rings (SSSR count). The summed E-state index contributed by atoms with van der Waals surface area (Å²) in [6.07, 6.45) is 0.645. The van der Waals surface area contributed by atoms with E-state index in [0.29, 0.717) is 23.0 Å². The molecule has 0 saturated heterocycles. The smallest absolute Gasteiger partial charge is 0.262 e. The number of benzene rings is 3. The minimum atomic E-state index is -0.630. The summed E-state index contributed by atoms with van der Waals surface area (Å²) in [7, 11) is 3.18. The number of aliphatic imine (C=N–C) groups is 1. The Morgan fingerprint density at radius 3 is 2.47 bits per heavy atom. The summed E-state index contributed by atoms with van der Waals surface area (Å²) in [6, 6.07) is 23.1. The average Bonchev–Trinajstić information content (AvgIpc) is 3.53. The molecular formula is C29H28N4O4S. The van der Waals surface area contributed by atoms with Gasteiger partial charge in [-0.05, 0) is 42.3 Å². The van der Waals surface area contributed by atoms with E-state index in [1.807, 2.05) is 48.3 Å². The highest BCUT2D eigenvalue weighted by Crippen LogP contribution is 2.39. The molecule has 3 aromatic rings. The second-order valence-corrected chi connectivity index (χ2v) is 10.2. The number of hydrogen-bond acceptors (Lipinski definition) is 7. The van der Waals surface area contributed by atoms with Crippen LogP contribution in [0.5, 0.6) is 11.5 Å². The number of amidine groups is 1. The lowest BCUT2D eigenvalue weighted by molar-refractivity contribution is -0.121. The topological polar surface area (TPSA) is 92.6 Å². The van der Waals surface area contributed by atoms with Gasteiger partial charge in [-0.15, -0.1) is 0 Å². The number of hydrazone groups is 1. The number of hydrogen-bond donors (Lipinski definition) is 1. The van der Waals surface area contributed by atoms with Crippen molar-refractivity contribution in [1.29, 1.82) is 0 Å². The van der Waals surface area contributed by atoms with Gasteiger partial charge in [-0.2, -0.15) is 10.1 Å². The minimum absolute atomic E-state index is 0.00980. The van der Waals surface area contributed by atoms with Crippen molar-refractivity contribution in [1.82, 2.24) is 5.01 Å². The Kier molecular flexibility index (Phi) is 7.46. The molecule has 0 aliphatic carbocycles. The molecule has 38 heavy (non-hydrogen) atoms. The molecule has 2 atom stereocenters. The summed E-state index contributed by atoms with van der Waals surface area (Å²) in [5.41, 5.74) is 4.71. The number of nitrogens with one attached hydrogen (secondary N) is 1. The standard InChI is InChI=1S/C29H28N4O4S/c1-18-8-10-19(11-9-18)23-16-24(20-12-14-21(36-2)15-13-20)33(32-23)29-31-28(35)26(38-29)17-27(34)30-22-6-4-5-7-25(22)37-3/h4-15,24,26H,16-17H2,1-3H3,(H,30,34)/t24-,26+/m1/s1. The molecule has 0 bridgehead atoms. The molecule has 0 unspecified atom stereocenters. The van der Waals surface area contributed by atoms with Gasteiger partial charge in [0, 0.05) is 12.8 Å². The van der Waals surface area contributed by atoms with Crippen LogP contribution in [-0.2, 0) is 9.59 Å². The molecule has 0 radical (unpaired) electrons. The molecule has 2 aliphatic rings. The van der Waals surface area contributed by atoms with E-state index in [0.717, 1.165) is 22.6 Å². The first kappa shape index (κ1) is 25.5. The Balaban J connectivity index is 1.35. The number of amides is 2. The van der Waals surface area contributed by atoms with E-state index in [9.17, 15) is 9.59 Å². The molecule has 194 valence electrons. The van der Waals surface area contributed by atoms with Crippen LogP contribution in [0.25, 0.3) is 0 Å². The summed E-state index contributed by atoms with van der Waals surface area (Å²) < 4.78 is 10.6. The van der Waals surface area contributed by atoms with Crippen LogP contribution >= 0.6 is 11.8 Å². The van der Waals surface area contributed by atoms with E-state index in [4.69, 9.17) is 14.6 Å². The van der Waals surface area contributed by atoms with Crippen molar-refractivity contribution in [3.05, 3.63) is 89.5 Å². The van der Waals surface area contributed by atoms with Gasteiger partial charge >= 0.3 is 0 Å². The van der Waals surface area contributed by atoms with E-state index < -0.39 is 5.25 Å². The van der Waals surface area contributed by atoms with E-state index in [-0.39, 0.29) is 24.3 Å². The number of ether oxygens (including phenoxy) is 2. The van der Waals surface area contributed by atoms with Gasteiger partial charge in [0.1, 0.15) is 16.7 Å². The van der Waals surface area contributed by atoms with E-state index in [1.165, 1.54) is 17.3 Å². The van der Waals surface area contributed by atoms with Crippen LogP contribution in [0, 0.1) is 6.92 Å². The number of methoxy groups -OCH3 is 2. The highest BCUT2D eigenvalue weighted by atomic mass is 32.2. The van der Waals surface area contributed by atoms with Gasteiger partial charge in [0.2, 0.25) is 5.91 Å². The van der Waals surface area contributed by atoms with Crippen molar-refractivity contribution in [2.75, 3.05) is 19.5 Å². The number of carbonyl (C=O) groups excluding carboxylic acids is 2. The van der Waals surface area contributed by atoms with Gasteiger partial charge in [-0.1, -0.05) is 65.9 Å². The molecule has 8 nitrogen and oxygen atoms in total. The predicted molar refractivity (Wildman–Crippen MR) is 150 cm³/mol. The van der Waals surface area contributed by atoms with Crippen molar-refractivity contribution in [2.24, 2.45) is 10.1 Å². The number of carbonyl (C=O) groups is 2. The zero-order valence-electron chi connectivity index (χ0n) is 21.4. The Labute approximate surface area is 225 Å². The fourth-order valence-corrected chi connectivity index (χ4v) is 5.48. The van der Waals surface area contributed by atoms with Crippen molar-refractivity contribution in [3.63, 3.8) is 0 Å². The molecule has 0 fully saturated rings. The maximum Gasteiger partial charge on any atom is 0.262 e. The van der Waals surface area contributed by atoms with Crippen LogP contribution in [0.4, 0.5) is 5.69 Å². The largest absolute Gasteiger partial charge is 0.497 e. The SMILES string of the molecule is COc1ccc([C@H]2CC(c3ccc(C)cc3)=NN2C2=NC(=O)[C@H](CC(=O)Nc3ccccc3OC)S2)cc1. The summed E-state index contributed by atoms with van der Waals surface area (Å²) in [5.74, 6) is 0.698. The lowest BCUT2D eigenvalue weighted by atomic mass is 9.98. The van der Waals surface area contributed by atoms with Crippen LogP contribution in [0.3, 0.4) is 0 Å². The van der Waals surface area contributed by atoms with Crippen molar-refractivity contribution < 1.29 is 19.1 Å². The van der Waals surface area contributed by atoms with Crippen molar-refractivity contribution >= 4 is 40.1 Å². The molecule has 0 spiro atoms. The normalized spacial score (nSPS) is 18.7. The average molecular weight is 529 g/mol. The Hall–Kier alpha value is -4.11. The third-order valence-corrected chi connectivity index (χ3v) is 7.61. The van der Waals surface area contributed by atoms with Crippen LogP contribution in [-0.4, -0.2) is 47.2 Å². The van der Waals surface area contributed by atoms with Crippen molar-refractivity contribution in [2.45, 2.75) is 31.1 Å². The molecule has 2 heterocycles. The molecule has 0 saturated carbocycles. The Morgan fingerprint density at radius 2 is 1.76 bits per heavy atom. The quantitative estimate of drug-likeness (QED) is 0.454. The van der Waals surface area contributed by atoms with Crippen LogP contribution in [0.1, 0.15) is 35.6 Å². The predicted octanol–water partition coefficient (Wildman–Crippen LogP) is 5.19. The van der Waals surface area contributed by atoms with Gasteiger partial charge in [0.25, 0.3) is 5.91 Å². The number of rotatable bonds is 7. The van der Waals surface area contributed by atoms with E-state index in [2.05, 4.69) is 34.6 Å². The number of thioether (sulfide) groups is 1. The van der Waals surface area contributed by atoms with Crippen LogP contribution in [0.15, 0.2) is 82.9 Å². The zero-order chi connectivity index (χ0) is 26.6. The van der Waals surface area contributed by atoms with Gasteiger partial charge in [0.15, 0.2) is 5.17 Å². The third-order valence-electron chi connectivity index (χ3n) is 6.47.